The molecule has 1 N–H and O–H groups in total. The lowest BCUT2D eigenvalue weighted by molar-refractivity contribution is 0.101. The number of hydrogen-bond acceptors (Lipinski definition) is 1. The van der Waals surface area contributed by atoms with Crippen LogP contribution in [0.2, 0.25) is 0 Å². The number of carbonyl (C=O) groups excluding carboxylic acids is 1. The zero-order chi connectivity index (χ0) is 11.2. The molecular weight excluding hydrogens is 200 g/mol. The molecule has 0 aliphatic carbocycles. The predicted molar refractivity (Wildman–Crippen MR) is 53.0 cm³/mol. The summed E-state index contributed by atoms with van der Waals surface area (Å²) in [6.07, 6.45) is 0. The maximum Gasteiger partial charge on any atom is 0.162 e. The molecule has 15 heavy (non-hydrogen) atoms. The zero-order valence-corrected chi connectivity index (χ0v) is 8.32. The van der Waals surface area contributed by atoms with Gasteiger partial charge in [-0.05, 0) is 19.9 Å². The number of H-pyrrole nitrogens is 1. The molecule has 1 aromatic heterocycles. The Hall–Kier alpha value is -1.71. The molecule has 0 saturated heterocycles. The van der Waals surface area contributed by atoms with Crippen LogP contribution in [0.1, 0.15) is 23.0 Å². The summed E-state index contributed by atoms with van der Waals surface area (Å²) in [6, 6.07) is 1.96. The molecule has 0 saturated carbocycles. The van der Waals surface area contributed by atoms with E-state index < -0.39 is 11.6 Å². The molecule has 2 aromatic rings. The molecule has 2 rings (SSSR count). The molecule has 0 unspecified atom stereocenters. The molecular formula is C11H9F2NO. The van der Waals surface area contributed by atoms with Gasteiger partial charge in [0.2, 0.25) is 0 Å². The number of carbonyl (C=O) groups is 1. The Morgan fingerprint density at radius 1 is 1.33 bits per heavy atom. The number of aromatic amines is 1. The number of fused-ring (bicyclic) bond motifs is 1. The van der Waals surface area contributed by atoms with Gasteiger partial charge in [-0.15, -0.1) is 0 Å². The van der Waals surface area contributed by atoms with Crippen molar-refractivity contribution in [2.45, 2.75) is 13.8 Å². The molecule has 78 valence electrons. The average molecular weight is 209 g/mol. The first-order valence-electron chi connectivity index (χ1n) is 4.49. The van der Waals surface area contributed by atoms with E-state index in [1.54, 1.807) is 6.92 Å². The van der Waals surface area contributed by atoms with Gasteiger partial charge in [0.05, 0.1) is 5.52 Å². The molecule has 0 aliphatic rings. The van der Waals surface area contributed by atoms with Gasteiger partial charge in [0.25, 0.3) is 0 Å². The molecule has 0 amide bonds. The van der Waals surface area contributed by atoms with Gasteiger partial charge < -0.3 is 4.98 Å². The van der Waals surface area contributed by atoms with E-state index in [2.05, 4.69) is 4.98 Å². The smallest absolute Gasteiger partial charge is 0.162 e. The van der Waals surface area contributed by atoms with Gasteiger partial charge in [-0.25, -0.2) is 8.78 Å². The van der Waals surface area contributed by atoms with Crippen LogP contribution in [-0.2, 0) is 0 Å². The number of benzene rings is 1. The SMILES string of the molecule is CC(=O)c1c(C)[nH]c2cc(F)cc(F)c12. The number of nitrogens with one attached hydrogen (secondary N) is 1. The summed E-state index contributed by atoms with van der Waals surface area (Å²) in [4.78, 5) is 14.1. The van der Waals surface area contributed by atoms with Gasteiger partial charge in [-0.1, -0.05) is 0 Å². The lowest BCUT2D eigenvalue weighted by Crippen LogP contribution is -1.94. The minimum atomic E-state index is -0.709. The highest BCUT2D eigenvalue weighted by Gasteiger charge is 2.16. The number of Topliss-reactive ketones (excluding diaryl/α,β-unsaturated/α-hetero) is 1. The van der Waals surface area contributed by atoms with Crippen LogP contribution in [0, 0.1) is 18.6 Å². The van der Waals surface area contributed by atoms with Crippen LogP contribution in [-0.4, -0.2) is 10.8 Å². The van der Waals surface area contributed by atoms with Crippen LogP contribution in [0.4, 0.5) is 8.78 Å². The molecule has 0 atom stereocenters. The van der Waals surface area contributed by atoms with E-state index in [0.29, 0.717) is 16.8 Å². The largest absolute Gasteiger partial charge is 0.358 e. The first kappa shape index (κ1) is 9.83. The maximum absolute atomic E-state index is 13.5. The summed E-state index contributed by atoms with van der Waals surface area (Å²) in [7, 11) is 0. The van der Waals surface area contributed by atoms with Crippen molar-refractivity contribution in [1.82, 2.24) is 4.98 Å². The summed E-state index contributed by atoms with van der Waals surface area (Å²) in [5.74, 6) is -1.60. The third kappa shape index (κ3) is 1.42. The van der Waals surface area contributed by atoms with Crippen molar-refractivity contribution >= 4 is 16.7 Å². The fourth-order valence-corrected chi connectivity index (χ4v) is 1.82. The Balaban J connectivity index is 2.93. The Kier molecular flexibility index (Phi) is 2.07. The van der Waals surface area contributed by atoms with E-state index in [9.17, 15) is 13.6 Å². The number of aryl methyl sites for hydroxylation is 1. The molecule has 1 aromatic carbocycles. The lowest BCUT2D eigenvalue weighted by atomic mass is 10.1. The minimum absolute atomic E-state index is 0.168. The summed E-state index contributed by atoms with van der Waals surface area (Å²) < 4.78 is 26.4. The van der Waals surface area contributed by atoms with Crippen LogP contribution in [0.5, 0.6) is 0 Å². The van der Waals surface area contributed by atoms with Crippen molar-refractivity contribution in [1.29, 1.82) is 0 Å². The Bertz CT molecular complexity index is 557. The molecule has 0 bridgehead atoms. The fourth-order valence-electron chi connectivity index (χ4n) is 1.82. The highest BCUT2D eigenvalue weighted by Crippen LogP contribution is 2.26. The maximum atomic E-state index is 13.5. The lowest BCUT2D eigenvalue weighted by Gasteiger charge is -1.96. The van der Waals surface area contributed by atoms with E-state index in [-0.39, 0.29) is 11.2 Å². The third-order valence-electron chi connectivity index (χ3n) is 2.35. The van der Waals surface area contributed by atoms with Gasteiger partial charge in [-0.3, -0.25) is 4.79 Å². The van der Waals surface area contributed by atoms with Crippen molar-refractivity contribution in [3.8, 4) is 0 Å². The second-order valence-electron chi connectivity index (χ2n) is 3.49. The fraction of sp³-hybridized carbons (Fsp3) is 0.182. The average Bonchev–Trinajstić information content (AvgIpc) is 2.40. The first-order valence-corrected chi connectivity index (χ1v) is 4.49. The van der Waals surface area contributed by atoms with Gasteiger partial charge >= 0.3 is 0 Å². The molecule has 0 aliphatic heterocycles. The number of hydrogen-bond donors (Lipinski definition) is 1. The van der Waals surface area contributed by atoms with Crippen LogP contribution >= 0.6 is 0 Å². The van der Waals surface area contributed by atoms with E-state index in [0.717, 1.165) is 6.07 Å². The Morgan fingerprint density at radius 2 is 2.00 bits per heavy atom. The Morgan fingerprint density at radius 3 is 2.60 bits per heavy atom. The van der Waals surface area contributed by atoms with Gasteiger partial charge in [0.1, 0.15) is 11.6 Å². The molecule has 0 fully saturated rings. The van der Waals surface area contributed by atoms with Crippen molar-refractivity contribution < 1.29 is 13.6 Å². The van der Waals surface area contributed by atoms with Crippen LogP contribution < -0.4 is 0 Å². The molecule has 2 nitrogen and oxygen atoms in total. The van der Waals surface area contributed by atoms with Crippen molar-refractivity contribution in [3.63, 3.8) is 0 Å². The van der Waals surface area contributed by atoms with Gasteiger partial charge in [-0.2, -0.15) is 0 Å². The summed E-state index contributed by atoms with van der Waals surface area (Å²) in [5.41, 5.74) is 1.17. The van der Waals surface area contributed by atoms with Crippen LogP contribution in [0.3, 0.4) is 0 Å². The number of halogens is 2. The van der Waals surface area contributed by atoms with E-state index in [1.165, 1.54) is 13.0 Å². The monoisotopic (exact) mass is 209 g/mol. The molecule has 4 heteroatoms. The van der Waals surface area contributed by atoms with Crippen LogP contribution in [0.15, 0.2) is 12.1 Å². The molecule has 1 heterocycles. The van der Waals surface area contributed by atoms with Crippen LogP contribution in [0.25, 0.3) is 10.9 Å². The number of aromatic nitrogens is 1. The topological polar surface area (TPSA) is 32.9 Å². The third-order valence-corrected chi connectivity index (χ3v) is 2.35. The minimum Gasteiger partial charge on any atom is -0.358 e. The normalized spacial score (nSPS) is 10.9. The van der Waals surface area contributed by atoms with Crippen molar-refractivity contribution in [2.24, 2.45) is 0 Å². The van der Waals surface area contributed by atoms with Crippen molar-refractivity contribution in [3.05, 3.63) is 35.0 Å². The number of ketones is 1. The summed E-state index contributed by atoms with van der Waals surface area (Å²) in [6.45, 7) is 3.02. The zero-order valence-electron chi connectivity index (χ0n) is 8.32. The van der Waals surface area contributed by atoms with E-state index >= 15 is 0 Å². The van der Waals surface area contributed by atoms with E-state index in [1.807, 2.05) is 0 Å². The highest BCUT2D eigenvalue weighted by molar-refractivity contribution is 6.08. The van der Waals surface area contributed by atoms with Crippen molar-refractivity contribution in [2.75, 3.05) is 0 Å². The van der Waals surface area contributed by atoms with E-state index in [4.69, 9.17) is 0 Å². The quantitative estimate of drug-likeness (QED) is 0.719. The second kappa shape index (κ2) is 3.15. The molecule has 0 spiro atoms. The summed E-state index contributed by atoms with van der Waals surface area (Å²) in [5, 5.41) is 0.168. The first-order chi connectivity index (χ1) is 7.00. The standard InChI is InChI=1S/C11H9F2NO/c1-5-10(6(2)15)11-8(13)3-7(12)4-9(11)14-5/h3-4,14H,1-2H3. The predicted octanol–water partition coefficient (Wildman–Crippen LogP) is 2.96. The van der Waals surface area contributed by atoms with Gasteiger partial charge in [0, 0.05) is 22.7 Å². The second-order valence-corrected chi connectivity index (χ2v) is 3.49. The number of rotatable bonds is 1. The summed E-state index contributed by atoms with van der Waals surface area (Å²) >= 11 is 0. The van der Waals surface area contributed by atoms with Gasteiger partial charge in [0.15, 0.2) is 5.78 Å². The Labute approximate surface area is 84.9 Å². The molecule has 0 radical (unpaired) electrons. The highest BCUT2D eigenvalue weighted by atomic mass is 19.1.